The molecule has 0 aliphatic rings. The van der Waals surface area contributed by atoms with Crippen molar-refractivity contribution in [3.8, 4) is 33.8 Å². The van der Waals surface area contributed by atoms with E-state index >= 15 is 0 Å². The van der Waals surface area contributed by atoms with Gasteiger partial charge < -0.3 is 20.1 Å². The molecule has 40 heavy (non-hydrogen) atoms. The molecule has 2 amide bonds. The molecule has 0 aromatic heterocycles. The van der Waals surface area contributed by atoms with Gasteiger partial charge in [0.1, 0.15) is 11.5 Å². The van der Waals surface area contributed by atoms with E-state index in [4.69, 9.17) is 9.47 Å². The van der Waals surface area contributed by atoms with Crippen LogP contribution in [-0.4, -0.2) is 38.1 Å². The molecule has 206 valence electrons. The summed E-state index contributed by atoms with van der Waals surface area (Å²) in [6, 6.07) is 35.7. The molecular weight excluding hydrogens is 500 g/mol. The van der Waals surface area contributed by atoms with Crippen molar-refractivity contribution in [3.05, 3.63) is 109 Å². The largest absolute Gasteiger partial charge is 0.484 e. The molecule has 0 radical (unpaired) electrons. The van der Waals surface area contributed by atoms with Crippen LogP contribution in [0, 0.1) is 0 Å². The van der Waals surface area contributed by atoms with Crippen LogP contribution in [0.15, 0.2) is 109 Å². The molecule has 6 nitrogen and oxygen atoms in total. The van der Waals surface area contributed by atoms with E-state index < -0.39 is 0 Å². The molecule has 0 saturated heterocycles. The topological polar surface area (TPSA) is 76.7 Å². The molecule has 0 fully saturated rings. The van der Waals surface area contributed by atoms with Crippen molar-refractivity contribution in [2.45, 2.75) is 25.7 Å². The van der Waals surface area contributed by atoms with Gasteiger partial charge in [-0.3, -0.25) is 9.59 Å². The Labute approximate surface area is 236 Å². The van der Waals surface area contributed by atoms with Crippen LogP contribution in [0.25, 0.3) is 22.3 Å². The fourth-order valence-electron chi connectivity index (χ4n) is 4.21. The minimum absolute atomic E-state index is 0.00401. The Morgan fingerprint density at radius 2 is 0.800 bits per heavy atom. The van der Waals surface area contributed by atoms with Gasteiger partial charge in [-0.05, 0) is 59.4 Å². The number of unbranched alkanes of at least 4 members (excludes halogenated alkanes) is 3. The molecule has 0 heterocycles. The Bertz CT molecular complexity index is 1200. The Balaban J connectivity index is 0.991. The second-order valence-corrected chi connectivity index (χ2v) is 9.47. The normalized spacial score (nSPS) is 10.5. The summed E-state index contributed by atoms with van der Waals surface area (Å²) in [6.07, 6.45) is 3.71. The molecular formula is C34H36N2O4. The molecule has 0 saturated carbocycles. The Morgan fingerprint density at radius 1 is 0.450 bits per heavy atom. The molecule has 0 unspecified atom stereocenters. The predicted molar refractivity (Wildman–Crippen MR) is 159 cm³/mol. The van der Waals surface area contributed by atoms with E-state index in [1.54, 1.807) is 0 Å². The van der Waals surface area contributed by atoms with Crippen LogP contribution in [0.4, 0.5) is 0 Å². The van der Waals surface area contributed by atoms with Crippen molar-refractivity contribution >= 4 is 11.8 Å². The summed E-state index contributed by atoms with van der Waals surface area (Å²) in [6.45, 7) is 1.21. The Kier molecular flexibility index (Phi) is 11.2. The van der Waals surface area contributed by atoms with Crippen LogP contribution in [0.1, 0.15) is 25.7 Å². The SMILES string of the molecule is O=C(COc1ccc(-c2ccccc2)cc1)NCCCCCCNC(=O)COc1ccc(-c2ccccc2)cc1. The predicted octanol–water partition coefficient (Wildman–Crippen LogP) is 6.27. The van der Waals surface area contributed by atoms with Crippen molar-refractivity contribution < 1.29 is 19.1 Å². The van der Waals surface area contributed by atoms with Gasteiger partial charge in [0.2, 0.25) is 0 Å². The van der Waals surface area contributed by atoms with Gasteiger partial charge in [-0.1, -0.05) is 97.8 Å². The number of ether oxygens (including phenoxy) is 2. The van der Waals surface area contributed by atoms with E-state index in [-0.39, 0.29) is 25.0 Å². The quantitative estimate of drug-likeness (QED) is 0.176. The van der Waals surface area contributed by atoms with E-state index in [1.165, 1.54) is 0 Å². The zero-order valence-corrected chi connectivity index (χ0v) is 22.7. The lowest BCUT2D eigenvalue weighted by Gasteiger charge is -2.09. The number of hydrogen-bond donors (Lipinski definition) is 2. The minimum atomic E-state index is -0.130. The van der Waals surface area contributed by atoms with Crippen molar-refractivity contribution in [1.82, 2.24) is 10.6 Å². The van der Waals surface area contributed by atoms with Gasteiger partial charge in [-0.25, -0.2) is 0 Å². The second kappa shape index (κ2) is 15.7. The van der Waals surface area contributed by atoms with Crippen LogP contribution >= 0.6 is 0 Å². The highest BCUT2D eigenvalue weighted by atomic mass is 16.5. The first kappa shape index (κ1) is 28.4. The lowest BCUT2D eigenvalue weighted by Crippen LogP contribution is -2.30. The maximum atomic E-state index is 12.1. The van der Waals surface area contributed by atoms with Crippen LogP contribution in [0.2, 0.25) is 0 Å². The molecule has 0 aliphatic carbocycles. The average molecular weight is 537 g/mol. The number of carbonyl (C=O) groups is 2. The highest BCUT2D eigenvalue weighted by Crippen LogP contribution is 2.23. The minimum Gasteiger partial charge on any atom is -0.484 e. The first-order valence-corrected chi connectivity index (χ1v) is 13.8. The Hall–Kier alpha value is -4.58. The number of nitrogens with one attached hydrogen (secondary N) is 2. The lowest BCUT2D eigenvalue weighted by molar-refractivity contribution is -0.123. The number of benzene rings is 4. The lowest BCUT2D eigenvalue weighted by atomic mass is 10.1. The fraction of sp³-hybridized carbons (Fsp3) is 0.235. The summed E-state index contributed by atoms with van der Waals surface area (Å²) in [5.74, 6) is 1.08. The van der Waals surface area contributed by atoms with E-state index in [0.717, 1.165) is 47.9 Å². The van der Waals surface area contributed by atoms with Gasteiger partial charge in [-0.15, -0.1) is 0 Å². The summed E-state index contributed by atoms with van der Waals surface area (Å²) in [7, 11) is 0. The molecule has 4 aromatic rings. The van der Waals surface area contributed by atoms with Crippen LogP contribution in [-0.2, 0) is 9.59 Å². The summed E-state index contributed by atoms with van der Waals surface area (Å²) in [4.78, 5) is 24.1. The third-order valence-electron chi connectivity index (χ3n) is 6.41. The third kappa shape index (κ3) is 9.62. The van der Waals surface area contributed by atoms with Gasteiger partial charge in [0.15, 0.2) is 13.2 Å². The molecule has 4 rings (SSSR count). The summed E-state index contributed by atoms with van der Waals surface area (Å²) >= 11 is 0. The van der Waals surface area contributed by atoms with Crippen molar-refractivity contribution in [2.75, 3.05) is 26.3 Å². The molecule has 2 N–H and O–H groups in total. The van der Waals surface area contributed by atoms with Crippen molar-refractivity contribution in [2.24, 2.45) is 0 Å². The van der Waals surface area contributed by atoms with Gasteiger partial charge in [0, 0.05) is 13.1 Å². The number of amides is 2. The summed E-state index contributed by atoms with van der Waals surface area (Å²) in [5, 5.41) is 5.79. The van der Waals surface area contributed by atoms with Crippen molar-refractivity contribution in [3.63, 3.8) is 0 Å². The average Bonchev–Trinajstić information content (AvgIpc) is 3.01. The fourth-order valence-corrected chi connectivity index (χ4v) is 4.21. The maximum absolute atomic E-state index is 12.1. The zero-order valence-electron chi connectivity index (χ0n) is 22.7. The van der Waals surface area contributed by atoms with Gasteiger partial charge in [0.25, 0.3) is 11.8 Å². The monoisotopic (exact) mass is 536 g/mol. The smallest absolute Gasteiger partial charge is 0.257 e. The first-order chi connectivity index (χ1) is 19.7. The number of hydrogen-bond acceptors (Lipinski definition) is 4. The van der Waals surface area contributed by atoms with Crippen molar-refractivity contribution in [1.29, 1.82) is 0 Å². The van der Waals surface area contributed by atoms with E-state index in [0.29, 0.717) is 24.6 Å². The van der Waals surface area contributed by atoms with E-state index in [9.17, 15) is 9.59 Å². The maximum Gasteiger partial charge on any atom is 0.257 e. The van der Waals surface area contributed by atoms with E-state index in [1.807, 2.05) is 84.9 Å². The highest BCUT2D eigenvalue weighted by Gasteiger charge is 2.05. The molecule has 4 aromatic carbocycles. The molecule has 0 atom stereocenters. The molecule has 0 spiro atoms. The van der Waals surface area contributed by atoms with E-state index in [2.05, 4.69) is 34.9 Å². The zero-order chi connectivity index (χ0) is 27.8. The van der Waals surface area contributed by atoms with Gasteiger partial charge >= 0.3 is 0 Å². The molecule has 6 heteroatoms. The number of rotatable bonds is 15. The third-order valence-corrected chi connectivity index (χ3v) is 6.41. The Morgan fingerprint density at radius 3 is 1.18 bits per heavy atom. The summed E-state index contributed by atoms with van der Waals surface area (Å²) in [5.41, 5.74) is 4.50. The summed E-state index contributed by atoms with van der Waals surface area (Å²) < 4.78 is 11.2. The van der Waals surface area contributed by atoms with Gasteiger partial charge in [-0.2, -0.15) is 0 Å². The van der Waals surface area contributed by atoms with Crippen LogP contribution < -0.4 is 20.1 Å². The standard InChI is InChI=1S/C34H36N2O4/c37-33(25-39-31-19-15-29(16-20-31)27-11-5-3-6-12-27)35-23-9-1-2-10-24-36-34(38)26-40-32-21-17-30(18-22-32)28-13-7-4-8-14-28/h3-8,11-22H,1-2,9-10,23-26H2,(H,35,37)(H,36,38). The second-order valence-electron chi connectivity index (χ2n) is 9.47. The number of carbonyl (C=O) groups excluding carboxylic acids is 2. The highest BCUT2D eigenvalue weighted by molar-refractivity contribution is 5.78. The molecule has 0 bridgehead atoms. The van der Waals surface area contributed by atoms with Gasteiger partial charge in [0.05, 0.1) is 0 Å². The van der Waals surface area contributed by atoms with Crippen LogP contribution in [0.3, 0.4) is 0 Å². The first-order valence-electron chi connectivity index (χ1n) is 13.8. The van der Waals surface area contributed by atoms with Crippen LogP contribution in [0.5, 0.6) is 11.5 Å². The molecule has 0 aliphatic heterocycles.